The van der Waals surface area contributed by atoms with Crippen LogP contribution in [0.15, 0.2) is 60.3 Å². The zero-order valence-electron chi connectivity index (χ0n) is 17.8. The molecule has 1 heterocycles. The maximum atomic E-state index is 5.78. The Morgan fingerprint density at radius 1 is 1.23 bits per heavy atom. The minimum atomic E-state index is 0. The van der Waals surface area contributed by atoms with E-state index in [1.165, 1.54) is 0 Å². The second-order valence-corrected chi connectivity index (χ2v) is 7.51. The summed E-state index contributed by atoms with van der Waals surface area (Å²) in [6.45, 7) is 7.97. The molecular weight excluding hydrogens is 434 g/mol. The van der Waals surface area contributed by atoms with Crippen molar-refractivity contribution in [2.24, 2.45) is 0 Å². The van der Waals surface area contributed by atoms with Crippen molar-refractivity contribution in [1.29, 1.82) is 0 Å². The monoisotopic (exact) mass is 461 g/mol. The Balaban J connectivity index is 0.00000341. The van der Waals surface area contributed by atoms with Gasteiger partial charge in [0.2, 0.25) is 5.16 Å². The molecule has 0 amide bonds. The molecule has 0 atom stereocenters. The molecule has 1 aromatic heterocycles. The number of tetrazole rings is 1. The highest BCUT2D eigenvalue weighted by Gasteiger charge is 2.12. The third-order valence-electron chi connectivity index (χ3n) is 4.35. The predicted molar refractivity (Wildman–Crippen MR) is 127 cm³/mol. The minimum absolute atomic E-state index is 0. The number of nitrogens with zero attached hydrogens (tertiary/aromatic N) is 4. The van der Waals surface area contributed by atoms with Gasteiger partial charge in [-0.2, -0.15) is 4.68 Å². The summed E-state index contributed by atoms with van der Waals surface area (Å²) in [6, 6.07) is 14.1. The molecule has 2 aromatic carbocycles. The standard InChI is InChI=1S/C22H27N5O2S.ClH/c1-4-9-18-14-17(15-20(28-3)21(18)29-5-2)16-23-12-13-30-22-24-25-26-27(22)19-10-7-6-8-11-19;/h4,6-8,10-11,14-15,23H,1,5,9,12-13,16H2,2-3H3;1H. The molecule has 3 rings (SSSR count). The highest BCUT2D eigenvalue weighted by atomic mass is 35.5. The van der Waals surface area contributed by atoms with Gasteiger partial charge in [-0.3, -0.25) is 0 Å². The summed E-state index contributed by atoms with van der Waals surface area (Å²) < 4.78 is 13.1. The maximum Gasteiger partial charge on any atom is 0.214 e. The number of rotatable bonds is 12. The van der Waals surface area contributed by atoms with Crippen molar-refractivity contribution in [3.05, 3.63) is 66.2 Å². The van der Waals surface area contributed by atoms with Gasteiger partial charge in [0.25, 0.3) is 0 Å². The van der Waals surface area contributed by atoms with Crippen LogP contribution < -0.4 is 14.8 Å². The van der Waals surface area contributed by atoms with Gasteiger partial charge in [0.15, 0.2) is 11.5 Å². The van der Waals surface area contributed by atoms with Gasteiger partial charge in [0, 0.05) is 24.4 Å². The van der Waals surface area contributed by atoms with Crippen LogP contribution in [0.1, 0.15) is 18.1 Å². The highest BCUT2D eigenvalue weighted by molar-refractivity contribution is 7.99. The fraction of sp³-hybridized carbons (Fsp3) is 0.318. The van der Waals surface area contributed by atoms with E-state index in [0.717, 1.165) is 58.7 Å². The molecule has 3 aromatic rings. The fourth-order valence-electron chi connectivity index (χ4n) is 3.04. The molecule has 31 heavy (non-hydrogen) atoms. The zero-order chi connectivity index (χ0) is 21.2. The Labute approximate surface area is 193 Å². The van der Waals surface area contributed by atoms with Gasteiger partial charge in [-0.05, 0) is 47.5 Å². The van der Waals surface area contributed by atoms with Crippen LogP contribution in [-0.4, -0.2) is 46.2 Å². The summed E-state index contributed by atoms with van der Waals surface area (Å²) in [5.41, 5.74) is 3.18. The van der Waals surface area contributed by atoms with Crippen LogP contribution in [0.2, 0.25) is 0 Å². The van der Waals surface area contributed by atoms with Crippen LogP contribution >= 0.6 is 24.2 Å². The second-order valence-electron chi connectivity index (χ2n) is 6.45. The minimum Gasteiger partial charge on any atom is -0.493 e. The van der Waals surface area contributed by atoms with E-state index in [2.05, 4.69) is 33.5 Å². The first kappa shape index (κ1) is 24.7. The number of ether oxygens (including phenoxy) is 2. The number of hydrogen-bond donors (Lipinski definition) is 1. The molecule has 9 heteroatoms. The van der Waals surface area contributed by atoms with Crippen LogP contribution in [-0.2, 0) is 13.0 Å². The number of nitrogens with one attached hydrogen (secondary N) is 1. The number of benzene rings is 2. The molecule has 1 N–H and O–H groups in total. The van der Waals surface area contributed by atoms with Gasteiger partial charge in [-0.15, -0.1) is 24.1 Å². The lowest BCUT2D eigenvalue weighted by Crippen LogP contribution is -2.17. The van der Waals surface area contributed by atoms with Crippen molar-refractivity contribution in [3.8, 4) is 17.2 Å². The number of allylic oxidation sites excluding steroid dienone is 1. The topological polar surface area (TPSA) is 74.1 Å². The molecule has 0 radical (unpaired) electrons. The Kier molecular flexibility index (Phi) is 10.4. The average molecular weight is 462 g/mol. The predicted octanol–water partition coefficient (Wildman–Crippen LogP) is 4.10. The number of thioether (sulfide) groups is 1. The molecule has 0 spiro atoms. The molecule has 0 bridgehead atoms. The molecule has 7 nitrogen and oxygen atoms in total. The summed E-state index contributed by atoms with van der Waals surface area (Å²) in [5.74, 6) is 2.40. The van der Waals surface area contributed by atoms with Crippen molar-refractivity contribution in [3.63, 3.8) is 0 Å². The van der Waals surface area contributed by atoms with Crippen molar-refractivity contribution in [2.75, 3.05) is 26.0 Å². The Bertz CT molecular complexity index is 952. The van der Waals surface area contributed by atoms with E-state index >= 15 is 0 Å². The lowest BCUT2D eigenvalue weighted by Gasteiger charge is -2.16. The lowest BCUT2D eigenvalue weighted by atomic mass is 10.1. The summed E-state index contributed by atoms with van der Waals surface area (Å²) in [5, 5.41) is 16.3. The summed E-state index contributed by atoms with van der Waals surface area (Å²) >= 11 is 1.62. The fourth-order valence-corrected chi connectivity index (χ4v) is 3.83. The smallest absolute Gasteiger partial charge is 0.214 e. The number of halogens is 1. The zero-order valence-corrected chi connectivity index (χ0v) is 19.4. The number of methoxy groups -OCH3 is 1. The Morgan fingerprint density at radius 2 is 2.03 bits per heavy atom. The largest absolute Gasteiger partial charge is 0.493 e. The van der Waals surface area contributed by atoms with Crippen molar-refractivity contribution < 1.29 is 9.47 Å². The van der Waals surface area contributed by atoms with Gasteiger partial charge in [-0.1, -0.05) is 42.1 Å². The number of para-hydroxylation sites is 1. The average Bonchev–Trinajstić information content (AvgIpc) is 3.24. The van der Waals surface area contributed by atoms with Crippen LogP contribution in [0.4, 0.5) is 0 Å². The maximum absolute atomic E-state index is 5.78. The summed E-state index contributed by atoms with van der Waals surface area (Å²) in [6.07, 6.45) is 2.61. The van der Waals surface area contributed by atoms with E-state index < -0.39 is 0 Å². The van der Waals surface area contributed by atoms with E-state index in [1.807, 2.05) is 49.4 Å². The number of hydrogen-bond acceptors (Lipinski definition) is 7. The Hall–Kier alpha value is -2.55. The Morgan fingerprint density at radius 3 is 2.74 bits per heavy atom. The van der Waals surface area contributed by atoms with Gasteiger partial charge >= 0.3 is 0 Å². The lowest BCUT2D eigenvalue weighted by molar-refractivity contribution is 0.308. The first-order chi connectivity index (χ1) is 14.8. The third-order valence-corrected chi connectivity index (χ3v) is 5.27. The van der Waals surface area contributed by atoms with Crippen molar-refractivity contribution in [2.45, 2.75) is 25.0 Å². The first-order valence-electron chi connectivity index (χ1n) is 9.87. The van der Waals surface area contributed by atoms with Crippen molar-refractivity contribution >= 4 is 24.2 Å². The van der Waals surface area contributed by atoms with Gasteiger partial charge in [0.05, 0.1) is 19.4 Å². The van der Waals surface area contributed by atoms with E-state index in [4.69, 9.17) is 9.47 Å². The molecule has 0 aliphatic rings. The molecule has 0 aliphatic heterocycles. The van der Waals surface area contributed by atoms with Crippen LogP contribution in [0.25, 0.3) is 5.69 Å². The van der Waals surface area contributed by atoms with E-state index in [-0.39, 0.29) is 12.4 Å². The third kappa shape index (κ3) is 6.72. The molecule has 0 aliphatic carbocycles. The van der Waals surface area contributed by atoms with Gasteiger partial charge < -0.3 is 14.8 Å². The quantitative estimate of drug-likeness (QED) is 0.247. The summed E-state index contributed by atoms with van der Waals surface area (Å²) in [7, 11) is 1.67. The molecule has 0 unspecified atom stereocenters. The van der Waals surface area contributed by atoms with Gasteiger partial charge in [0.1, 0.15) is 0 Å². The second kappa shape index (κ2) is 13.0. The van der Waals surface area contributed by atoms with Crippen molar-refractivity contribution in [1.82, 2.24) is 25.5 Å². The SMILES string of the molecule is C=CCc1cc(CNCCSc2nnnn2-c2ccccc2)cc(OC)c1OCC.Cl. The summed E-state index contributed by atoms with van der Waals surface area (Å²) in [4.78, 5) is 0. The molecule has 0 saturated heterocycles. The van der Waals surface area contributed by atoms with E-state index in [0.29, 0.717) is 6.61 Å². The van der Waals surface area contributed by atoms with Crippen LogP contribution in [0, 0.1) is 0 Å². The molecule has 0 fully saturated rings. The molecular formula is C22H28ClN5O2S. The molecule has 0 saturated carbocycles. The number of aromatic nitrogens is 4. The van der Waals surface area contributed by atoms with Gasteiger partial charge in [-0.25, -0.2) is 0 Å². The van der Waals surface area contributed by atoms with Crippen LogP contribution in [0.3, 0.4) is 0 Å². The van der Waals surface area contributed by atoms with E-state index in [9.17, 15) is 0 Å². The normalized spacial score (nSPS) is 10.4. The first-order valence-corrected chi connectivity index (χ1v) is 10.9. The molecule has 166 valence electrons. The van der Waals surface area contributed by atoms with E-state index in [1.54, 1.807) is 23.6 Å². The highest BCUT2D eigenvalue weighted by Crippen LogP contribution is 2.33. The van der Waals surface area contributed by atoms with Crippen LogP contribution in [0.5, 0.6) is 11.5 Å².